The van der Waals surface area contributed by atoms with E-state index in [1.807, 2.05) is 0 Å². The second-order valence-electron chi connectivity index (χ2n) is 3.77. The van der Waals surface area contributed by atoms with E-state index >= 15 is 0 Å². The van der Waals surface area contributed by atoms with E-state index < -0.39 is 0 Å². The molecule has 0 amide bonds. The molecule has 4 heteroatoms. The van der Waals surface area contributed by atoms with Crippen LogP contribution in [0.2, 0.25) is 0 Å². The van der Waals surface area contributed by atoms with Gasteiger partial charge in [-0.25, -0.2) is 4.98 Å². The van der Waals surface area contributed by atoms with Crippen LogP contribution in [0.5, 0.6) is 0 Å². The first-order valence-electron chi connectivity index (χ1n) is 4.80. The Labute approximate surface area is 89.4 Å². The highest BCUT2D eigenvalue weighted by atomic mass is 32.1. The number of hydrogen-bond donors (Lipinski definition) is 1. The fourth-order valence-corrected chi connectivity index (χ4v) is 1.60. The summed E-state index contributed by atoms with van der Waals surface area (Å²) in [5, 5.41) is 4.13. The van der Waals surface area contributed by atoms with Crippen LogP contribution in [0.1, 0.15) is 39.4 Å². The lowest BCUT2D eigenvalue weighted by molar-refractivity contribution is 0.799. The number of hydrogen-bond acceptors (Lipinski definition) is 4. The van der Waals surface area contributed by atoms with Gasteiger partial charge in [0, 0.05) is 24.0 Å². The zero-order chi connectivity index (χ0) is 10.6. The zero-order valence-corrected chi connectivity index (χ0v) is 9.98. The molecule has 0 aromatic carbocycles. The Morgan fingerprint density at radius 2 is 2.21 bits per heavy atom. The Morgan fingerprint density at radius 3 is 2.71 bits per heavy atom. The maximum absolute atomic E-state index is 4.37. The molecule has 0 aliphatic rings. The van der Waals surface area contributed by atoms with Crippen molar-refractivity contribution in [3.63, 3.8) is 0 Å². The molecule has 1 aromatic rings. The van der Waals surface area contributed by atoms with Crippen LogP contribution in [0, 0.1) is 0 Å². The van der Waals surface area contributed by atoms with Crippen LogP contribution in [-0.2, 0) is 0 Å². The molecule has 0 fully saturated rings. The van der Waals surface area contributed by atoms with Crippen LogP contribution in [-0.4, -0.2) is 15.9 Å². The van der Waals surface area contributed by atoms with Crippen molar-refractivity contribution in [2.24, 2.45) is 0 Å². The van der Waals surface area contributed by atoms with Gasteiger partial charge in [0.25, 0.3) is 0 Å². The van der Waals surface area contributed by atoms with Gasteiger partial charge in [0.05, 0.1) is 0 Å². The molecule has 0 aliphatic heterocycles. The van der Waals surface area contributed by atoms with Gasteiger partial charge < -0.3 is 5.32 Å². The van der Waals surface area contributed by atoms with Gasteiger partial charge in [-0.1, -0.05) is 25.5 Å². The molecule has 1 aromatic heterocycles. The molecule has 3 nitrogen and oxygen atoms in total. The third-order valence-corrected chi connectivity index (χ3v) is 2.41. The largest absolute Gasteiger partial charge is 0.357 e. The minimum Gasteiger partial charge on any atom is -0.357 e. The van der Waals surface area contributed by atoms with Gasteiger partial charge in [-0.3, -0.25) is 0 Å². The summed E-state index contributed by atoms with van der Waals surface area (Å²) in [5.41, 5.74) is 1.31. The molecular weight excluding hydrogens is 194 g/mol. The average Bonchev–Trinajstić information content (AvgIpc) is 2.52. The molecule has 1 heterocycles. The van der Waals surface area contributed by atoms with Gasteiger partial charge >= 0.3 is 0 Å². The number of nitrogens with zero attached hydrogens (tertiary/aromatic N) is 2. The average molecular weight is 211 g/mol. The van der Waals surface area contributed by atoms with Crippen molar-refractivity contribution in [1.29, 1.82) is 0 Å². The van der Waals surface area contributed by atoms with E-state index in [0.717, 1.165) is 17.5 Å². The number of nitrogens with one attached hydrogen (secondary N) is 1. The highest BCUT2D eigenvalue weighted by Crippen LogP contribution is 2.16. The van der Waals surface area contributed by atoms with Gasteiger partial charge in [-0.2, -0.15) is 4.37 Å². The van der Waals surface area contributed by atoms with Gasteiger partial charge in [-0.15, -0.1) is 0 Å². The Bertz CT molecular complexity index is 311. The monoisotopic (exact) mass is 211 g/mol. The summed E-state index contributed by atoms with van der Waals surface area (Å²) in [4.78, 5) is 4.37. The lowest BCUT2D eigenvalue weighted by atomic mass is 10.2. The molecule has 1 N–H and O–H groups in total. The van der Waals surface area contributed by atoms with Crippen LogP contribution >= 0.6 is 11.5 Å². The summed E-state index contributed by atoms with van der Waals surface area (Å²) in [5.74, 6) is 1.33. The molecule has 0 saturated carbocycles. The van der Waals surface area contributed by atoms with Crippen molar-refractivity contribution in [1.82, 2.24) is 9.36 Å². The predicted molar refractivity (Wildman–Crippen MR) is 61.9 cm³/mol. The first kappa shape index (κ1) is 11.2. The summed E-state index contributed by atoms with van der Waals surface area (Å²) < 4.78 is 4.26. The lowest BCUT2D eigenvalue weighted by Gasteiger charge is -1.97. The van der Waals surface area contributed by atoms with E-state index in [2.05, 4.69) is 48.4 Å². The maximum Gasteiger partial charge on any atom is 0.202 e. The Balaban J connectivity index is 2.48. The second-order valence-corrected chi connectivity index (χ2v) is 4.53. The molecule has 1 rings (SSSR count). The molecule has 0 bridgehead atoms. The Hall–Kier alpha value is -0.900. The highest BCUT2D eigenvalue weighted by Gasteiger charge is 2.05. The number of anilines is 1. The smallest absolute Gasteiger partial charge is 0.202 e. The quantitative estimate of drug-likeness (QED) is 0.778. The summed E-state index contributed by atoms with van der Waals surface area (Å²) in [6.45, 7) is 9.20. The van der Waals surface area contributed by atoms with E-state index in [0.29, 0.717) is 5.92 Å². The minimum atomic E-state index is 0.408. The minimum absolute atomic E-state index is 0.408. The normalized spacial score (nSPS) is 10.4. The predicted octanol–water partition coefficient (Wildman–Crippen LogP) is 3.04. The molecule has 0 aliphatic carbocycles. The molecule has 0 unspecified atom stereocenters. The van der Waals surface area contributed by atoms with E-state index in [1.54, 1.807) is 0 Å². The molecule has 0 spiro atoms. The number of allylic oxidation sites excluding steroid dienone is 1. The first-order chi connectivity index (χ1) is 6.59. The third kappa shape index (κ3) is 3.46. The first-order valence-corrected chi connectivity index (χ1v) is 5.57. The van der Waals surface area contributed by atoms with Crippen molar-refractivity contribution in [2.45, 2.75) is 33.6 Å². The van der Waals surface area contributed by atoms with Crippen LogP contribution in [0.15, 0.2) is 11.6 Å². The van der Waals surface area contributed by atoms with Crippen LogP contribution in [0.3, 0.4) is 0 Å². The van der Waals surface area contributed by atoms with Crippen molar-refractivity contribution in [3.8, 4) is 0 Å². The lowest BCUT2D eigenvalue weighted by Crippen LogP contribution is -1.98. The number of rotatable bonds is 4. The van der Waals surface area contributed by atoms with Crippen molar-refractivity contribution >= 4 is 16.7 Å². The van der Waals surface area contributed by atoms with Gasteiger partial charge in [0.2, 0.25) is 5.13 Å². The topological polar surface area (TPSA) is 37.8 Å². The second kappa shape index (κ2) is 5.10. The van der Waals surface area contributed by atoms with Gasteiger partial charge in [0.15, 0.2) is 0 Å². The van der Waals surface area contributed by atoms with Gasteiger partial charge in [-0.05, 0) is 13.8 Å². The standard InChI is InChI=1S/C10H17N3S/c1-7(2)5-6-11-10-12-9(8(3)4)13-14-10/h5,8H,6H2,1-4H3,(H,11,12,13). The molecule has 78 valence electrons. The maximum atomic E-state index is 4.37. The van der Waals surface area contributed by atoms with Crippen molar-refractivity contribution < 1.29 is 0 Å². The van der Waals surface area contributed by atoms with Crippen molar-refractivity contribution in [3.05, 3.63) is 17.5 Å². The summed E-state index contributed by atoms with van der Waals surface area (Å²) in [6, 6.07) is 0. The Kier molecular flexibility index (Phi) is 4.07. The molecule has 0 atom stereocenters. The summed E-state index contributed by atoms with van der Waals surface area (Å²) >= 11 is 1.43. The van der Waals surface area contributed by atoms with E-state index in [9.17, 15) is 0 Å². The van der Waals surface area contributed by atoms with E-state index in [4.69, 9.17) is 0 Å². The fourth-order valence-electron chi connectivity index (χ4n) is 0.884. The summed E-state index contributed by atoms with van der Waals surface area (Å²) in [7, 11) is 0. The number of aromatic nitrogens is 2. The van der Waals surface area contributed by atoms with E-state index in [-0.39, 0.29) is 0 Å². The zero-order valence-electron chi connectivity index (χ0n) is 9.16. The van der Waals surface area contributed by atoms with Crippen molar-refractivity contribution in [2.75, 3.05) is 11.9 Å². The van der Waals surface area contributed by atoms with E-state index in [1.165, 1.54) is 17.1 Å². The highest BCUT2D eigenvalue weighted by molar-refractivity contribution is 7.09. The molecule has 0 saturated heterocycles. The fraction of sp³-hybridized carbons (Fsp3) is 0.600. The third-order valence-electron chi connectivity index (χ3n) is 1.72. The molecule has 14 heavy (non-hydrogen) atoms. The van der Waals surface area contributed by atoms with Crippen LogP contribution < -0.4 is 5.32 Å². The van der Waals surface area contributed by atoms with Crippen LogP contribution in [0.4, 0.5) is 5.13 Å². The summed E-state index contributed by atoms with van der Waals surface area (Å²) in [6.07, 6.45) is 2.14. The molecule has 0 radical (unpaired) electrons. The molecular formula is C10H17N3S. The Morgan fingerprint density at radius 1 is 1.50 bits per heavy atom. The van der Waals surface area contributed by atoms with Crippen LogP contribution in [0.25, 0.3) is 0 Å². The SMILES string of the molecule is CC(C)=CCNc1nc(C(C)C)ns1. The van der Waals surface area contributed by atoms with Gasteiger partial charge in [0.1, 0.15) is 5.82 Å².